The normalized spacial score (nSPS) is 18.8. The van der Waals surface area contributed by atoms with E-state index >= 15 is 0 Å². The second-order valence-corrected chi connectivity index (χ2v) is 8.88. The van der Waals surface area contributed by atoms with Gasteiger partial charge in [0.1, 0.15) is 0 Å². The number of fused-ring (bicyclic) bond motifs is 2. The number of hydrogen-bond donors (Lipinski definition) is 1. The third kappa shape index (κ3) is 3.07. The van der Waals surface area contributed by atoms with Gasteiger partial charge in [0.05, 0.1) is 21.5 Å². The van der Waals surface area contributed by atoms with Crippen LogP contribution in [0.4, 0.5) is 5.69 Å². The summed E-state index contributed by atoms with van der Waals surface area (Å²) in [4.78, 5) is 1.24. The first-order valence-electron chi connectivity index (χ1n) is 7.55. The molecule has 0 amide bonds. The fraction of sp³-hybridized carbons (Fsp3) is 0.375. The van der Waals surface area contributed by atoms with Crippen LogP contribution in [0.3, 0.4) is 0 Å². The predicted octanol–water partition coefficient (Wildman–Crippen LogP) is 3.26. The topological polar surface area (TPSA) is 58.6 Å². The van der Waals surface area contributed by atoms with Gasteiger partial charge >= 0.3 is 0 Å². The van der Waals surface area contributed by atoms with Crippen LogP contribution in [0.5, 0.6) is 0 Å². The van der Waals surface area contributed by atoms with Crippen LogP contribution in [0.15, 0.2) is 34.5 Å². The number of methoxy groups -OCH3 is 1. The Hall–Kier alpha value is -1.12. The van der Waals surface area contributed by atoms with E-state index in [1.54, 1.807) is 37.6 Å². The lowest BCUT2D eigenvalue weighted by Gasteiger charge is -2.19. The lowest BCUT2D eigenvalue weighted by atomic mass is 10.0. The highest BCUT2D eigenvalue weighted by Crippen LogP contribution is 2.43. The van der Waals surface area contributed by atoms with Gasteiger partial charge in [-0.25, -0.2) is 8.42 Å². The molecule has 0 spiro atoms. The molecule has 8 heteroatoms. The lowest BCUT2D eigenvalue weighted by molar-refractivity contribution is 0.193. The molecule has 2 aromatic rings. The molecule has 1 aliphatic rings. The van der Waals surface area contributed by atoms with Gasteiger partial charge in [0.25, 0.3) is 10.0 Å². The highest BCUT2D eigenvalue weighted by Gasteiger charge is 2.35. The summed E-state index contributed by atoms with van der Waals surface area (Å²) < 4.78 is 32.4. The number of rotatable bonds is 5. The van der Waals surface area contributed by atoms with Crippen molar-refractivity contribution in [2.45, 2.75) is 17.4 Å². The number of sulfonamides is 1. The van der Waals surface area contributed by atoms with Gasteiger partial charge in [-0.15, -0.1) is 11.3 Å². The Morgan fingerprint density at radius 2 is 2.17 bits per heavy atom. The highest BCUT2D eigenvalue weighted by atomic mass is 35.5. The minimum absolute atomic E-state index is 0.191. The zero-order valence-corrected chi connectivity index (χ0v) is 15.8. The van der Waals surface area contributed by atoms with Crippen molar-refractivity contribution in [2.75, 3.05) is 31.6 Å². The number of ether oxygens (including phenoxy) is 1. The molecule has 1 atom stereocenters. The quantitative estimate of drug-likeness (QED) is 0.801. The van der Waals surface area contributed by atoms with E-state index in [0.717, 1.165) is 23.4 Å². The van der Waals surface area contributed by atoms with Crippen LogP contribution in [0.25, 0.3) is 0 Å². The fourth-order valence-corrected chi connectivity index (χ4v) is 5.63. The summed E-state index contributed by atoms with van der Waals surface area (Å²) in [6.07, 6.45) is 0.846. The summed E-state index contributed by atoms with van der Waals surface area (Å²) in [5.74, 6) is 0. The average molecular weight is 387 g/mol. The smallest absolute Gasteiger partial charge is 0.264 e. The molecule has 0 bridgehead atoms. The molecule has 0 radical (unpaired) electrons. The highest BCUT2D eigenvalue weighted by molar-refractivity contribution is 7.92. The van der Waals surface area contributed by atoms with E-state index in [0.29, 0.717) is 17.3 Å². The van der Waals surface area contributed by atoms with Crippen LogP contribution in [0.1, 0.15) is 22.9 Å². The van der Waals surface area contributed by atoms with Crippen molar-refractivity contribution in [3.63, 3.8) is 0 Å². The molecule has 0 aliphatic carbocycles. The van der Waals surface area contributed by atoms with Crippen LogP contribution in [0.2, 0.25) is 5.02 Å². The molecule has 3 rings (SSSR count). The first-order valence-corrected chi connectivity index (χ1v) is 10.2. The van der Waals surface area contributed by atoms with Gasteiger partial charge in [-0.3, -0.25) is 4.31 Å². The molecule has 0 saturated carbocycles. The number of anilines is 1. The van der Waals surface area contributed by atoms with Gasteiger partial charge in [0.15, 0.2) is 0 Å². The second kappa shape index (κ2) is 7.01. The van der Waals surface area contributed by atoms with Crippen LogP contribution >= 0.6 is 22.9 Å². The Labute approximate surface area is 151 Å². The summed E-state index contributed by atoms with van der Waals surface area (Å²) in [5.41, 5.74) is 1.43. The van der Waals surface area contributed by atoms with Crippen LogP contribution < -0.4 is 9.62 Å². The molecular weight excluding hydrogens is 368 g/mol. The van der Waals surface area contributed by atoms with Crippen molar-refractivity contribution in [3.05, 3.63) is 45.1 Å². The Morgan fingerprint density at radius 3 is 2.92 bits per heavy atom. The van der Waals surface area contributed by atoms with Crippen LogP contribution in [0, 0.1) is 0 Å². The Kier molecular flexibility index (Phi) is 5.17. The minimum Gasteiger partial charge on any atom is -0.385 e. The molecular formula is C16H19ClN2O3S2. The van der Waals surface area contributed by atoms with Crippen molar-refractivity contribution in [3.8, 4) is 0 Å². The van der Waals surface area contributed by atoms with Gasteiger partial charge < -0.3 is 10.1 Å². The molecule has 1 unspecified atom stereocenters. The summed E-state index contributed by atoms with van der Waals surface area (Å²) in [6, 6.07) is 6.71. The van der Waals surface area contributed by atoms with Gasteiger partial charge in [-0.2, -0.15) is 0 Å². The largest absolute Gasteiger partial charge is 0.385 e. The van der Waals surface area contributed by atoms with Crippen LogP contribution in [-0.2, 0) is 14.8 Å². The number of nitrogens with one attached hydrogen (secondary N) is 1. The first-order chi connectivity index (χ1) is 11.5. The lowest BCUT2D eigenvalue weighted by Crippen LogP contribution is -2.26. The Bertz CT molecular complexity index is 836. The third-order valence-electron chi connectivity index (χ3n) is 4.07. The summed E-state index contributed by atoms with van der Waals surface area (Å²) in [7, 11) is -0.390. The molecule has 5 nitrogen and oxygen atoms in total. The second-order valence-electron chi connectivity index (χ2n) is 5.56. The molecule has 2 heterocycles. The van der Waals surface area contributed by atoms with Gasteiger partial charge in [0, 0.05) is 25.8 Å². The number of halogens is 1. The van der Waals surface area contributed by atoms with E-state index in [9.17, 15) is 8.42 Å². The SMILES string of the molecule is COCCCNC1c2ccc(Cl)cc2S(=O)(=O)N(C)c2ccsc21. The first kappa shape index (κ1) is 17.7. The van der Waals surface area contributed by atoms with Crippen molar-refractivity contribution in [1.82, 2.24) is 5.32 Å². The molecule has 24 heavy (non-hydrogen) atoms. The molecule has 1 aliphatic heterocycles. The standard InChI is InChI=1S/C16H19ClN2O3S2/c1-19-13-6-9-23-16(13)15(18-7-3-8-22-2)12-5-4-11(17)10-14(12)24(19,20)21/h4-6,9-10,15,18H,3,7-8H2,1-2H3. The Balaban J connectivity index is 2.11. The predicted molar refractivity (Wildman–Crippen MR) is 97.7 cm³/mol. The van der Waals surface area contributed by atoms with E-state index in [2.05, 4.69) is 5.32 Å². The molecule has 0 fully saturated rings. The zero-order chi connectivity index (χ0) is 17.3. The maximum absolute atomic E-state index is 13.0. The third-order valence-corrected chi connectivity index (χ3v) is 7.11. The summed E-state index contributed by atoms with van der Waals surface area (Å²) in [5, 5.41) is 5.80. The molecule has 1 N–H and O–H groups in total. The number of thiophene rings is 1. The van der Waals surface area contributed by atoms with Crippen molar-refractivity contribution in [1.29, 1.82) is 0 Å². The molecule has 130 valence electrons. The summed E-state index contributed by atoms with van der Waals surface area (Å²) in [6.45, 7) is 1.38. The van der Waals surface area contributed by atoms with E-state index < -0.39 is 10.0 Å². The van der Waals surface area contributed by atoms with E-state index in [1.807, 2.05) is 11.4 Å². The van der Waals surface area contributed by atoms with Gasteiger partial charge in [0.2, 0.25) is 0 Å². The monoisotopic (exact) mass is 386 g/mol. The van der Waals surface area contributed by atoms with Crippen molar-refractivity contribution in [2.24, 2.45) is 0 Å². The molecule has 0 saturated heterocycles. The van der Waals surface area contributed by atoms with E-state index in [-0.39, 0.29) is 10.9 Å². The van der Waals surface area contributed by atoms with Gasteiger partial charge in [-0.1, -0.05) is 17.7 Å². The Morgan fingerprint density at radius 1 is 1.38 bits per heavy atom. The number of hydrogen-bond acceptors (Lipinski definition) is 5. The van der Waals surface area contributed by atoms with Gasteiger partial charge in [-0.05, 0) is 42.1 Å². The summed E-state index contributed by atoms with van der Waals surface area (Å²) >= 11 is 7.62. The minimum atomic E-state index is -3.64. The van der Waals surface area contributed by atoms with Crippen molar-refractivity contribution >= 4 is 38.6 Å². The number of nitrogens with zero attached hydrogens (tertiary/aromatic N) is 1. The number of benzene rings is 1. The van der Waals surface area contributed by atoms with E-state index in [4.69, 9.17) is 16.3 Å². The van der Waals surface area contributed by atoms with Crippen molar-refractivity contribution < 1.29 is 13.2 Å². The average Bonchev–Trinajstić information content (AvgIpc) is 3.01. The zero-order valence-electron chi connectivity index (χ0n) is 13.5. The maximum Gasteiger partial charge on any atom is 0.264 e. The fourth-order valence-electron chi connectivity index (χ4n) is 2.84. The maximum atomic E-state index is 13.0. The molecule has 1 aromatic carbocycles. The van der Waals surface area contributed by atoms with Crippen LogP contribution in [-0.4, -0.2) is 35.7 Å². The molecule has 1 aromatic heterocycles. The van der Waals surface area contributed by atoms with E-state index in [1.165, 1.54) is 10.4 Å².